The zero-order valence-corrected chi connectivity index (χ0v) is 16.9. The maximum atomic E-state index is 11.2. The first-order valence-corrected chi connectivity index (χ1v) is 9.03. The van der Waals surface area contributed by atoms with E-state index >= 15 is 0 Å². The van der Waals surface area contributed by atoms with Crippen molar-refractivity contribution in [1.29, 1.82) is 0 Å². The Morgan fingerprint density at radius 2 is 2.07 bits per heavy atom. The number of H-pyrrole nitrogens is 1. The van der Waals surface area contributed by atoms with Crippen molar-refractivity contribution in [1.82, 2.24) is 14.9 Å². The van der Waals surface area contributed by atoms with Gasteiger partial charge in [-0.2, -0.15) is 14.9 Å². The van der Waals surface area contributed by atoms with Gasteiger partial charge in [-0.05, 0) is 48.1 Å². The largest absolute Gasteiger partial charge is 0.493 e. The second kappa shape index (κ2) is 8.28. The van der Waals surface area contributed by atoms with Crippen LogP contribution in [-0.2, 0) is 4.79 Å². The summed E-state index contributed by atoms with van der Waals surface area (Å²) in [6.07, 6.45) is 1.62. The Morgan fingerprint density at radius 1 is 1.30 bits per heavy atom. The van der Waals surface area contributed by atoms with Crippen molar-refractivity contribution in [3.63, 3.8) is 0 Å². The lowest BCUT2D eigenvalue weighted by molar-refractivity contribution is -0.132. The molecule has 9 heteroatoms. The third kappa shape index (κ3) is 4.32. The average molecular weight is 447 g/mol. The number of ether oxygens (including phenoxy) is 2. The highest BCUT2D eigenvalue weighted by Crippen LogP contribution is 2.28. The van der Waals surface area contributed by atoms with Crippen molar-refractivity contribution in [2.24, 2.45) is 5.10 Å². The van der Waals surface area contributed by atoms with E-state index in [4.69, 9.17) is 21.7 Å². The van der Waals surface area contributed by atoms with Crippen LogP contribution in [0.5, 0.6) is 11.5 Å². The van der Waals surface area contributed by atoms with Crippen LogP contribution in [0.3, 0.4) is 0 Å². The molecule has 0 saturated carbocycles. The molecule has 0 fully saturated rings. The Labute approximate surface area is 168 Å². The molecular weight excluding hydrogens is 432 g/mol. The molecule has 3 aromatic rings. The van der Waals surface area contributed by atoms with Crippen LogP contribution in [0.2, 0.25) is 0 Å². The number of aromatic amines is 1. The molecule has 0 aliphatic heterocycles. The SMILES string of the molecule is COc1cc(C=Nn2c(-c3ccccc3Br)n[nH]c2=S)ccc1OC(C)=O. The number of nitrogens with zero attached hydrogens (tertiary/aromatic N) is 3. The number of rotatable bonds is 5. The van der Waals surface area contributed by atoms with Gasteiger partial charge in [-0.1, -0.05) is 28.1 Å². The summed E-state index contributed by atoms with van der Waals surface area (Å²) < 4.78 is 13.1. The van der Waals surface area contributed by atoms with E-state index in [0.717, 1.165) is 15.6 Å². The first kappa shape index (κ1) is 19.0. The Balaban J connectivity index is 1.96. The van der Waals surface area contributed by atoms with Gasteiger partial charge < -0.3 is 9.47 Å². The van der Waals surface area contributed by atoms with Gasteiger partial charge in [-0.3, -0.25) is 4.79 Å². The molecule has 0 aliphatic carbocycles. The highest BCUT2D eigenvalue weighted by atomic mass is 79.9. The summed E-state index contributed by atoms with van der Waals surface area (Å²) in [6, 6.07) is 12.8. The normalized spacial score (nSPS) is 10.9. The van der Waals surface area contributed by atoms with E-state index in [1.54, 1.807) is 24.4 Å². The van der Waals surface area contributed by atoms with E-state index in [1.807, 2.05) is 24.3 Å². The molecule has 138 valence electrons. The molecule has 0 radical (unpaired) electrons. The Hall–Kier alpha value is -2.78. The minimum atomic E-state index is -0.419. The Bertz CT molecular complexity index is 1070. The van der Waals surface area contributed by atoms with Gasteiger partial charge in [-0.25, -0.2) is 5.10 Å². The fourth-order valence-corrected chi connectivity index (χ4v) is 2.99. The van der Waals surface area contributed by atoms with Gasteiger partial charge >= 0.3 is 5.97 Å². The molecule has 2 aromatic carbocycles. The highest BCUT2D eigenvalue weighted by Gasteiger charge is 2.11. The van der Waals surface area contributed by atoms with Crippen molar-refractivity contribution in [3.8, 4) is 22.9 Å². The number of hydrogen-bond acceptors (Lipinski definition) is 6. The number of esters is 1. The molecule has 27 heavy (non-hydrogen) atoms. The summed E-state index contributed by atoms with van der Waals surface area (Å²) in [4.78, 5) is 11.2. The van der Waals surface area contributed by atoms with Gasteiger partial charge in [0.1, 0.15) is 0 Å². The lowest BCUT2D eigenvalue weighted by atomic mass is 10.2. The lowest BCUT2D eigenvalue weighted by Crippen LogP contribution is -2.03. The molecule has 0 spiro atoms. The van der Waals surface area contributed by atoms with Crippen molar-refractivity contribution < 1.29 is 14.3 Å². The van der Waals surface area contributed by atoms with Gasteiger partial charge in [-0.15, -0.1) is 0 Å². The van der Waals surface area contributed by atoms with Gasteiger partial charge in [0.2, 0.25) is 4.77 Å². The van der Waals surface area contributed by atoms with Crippen molar-refractivity contribution >= 4 is 40.3 Å². The molecule has 1 aromatic heterocycles. The number of aromatic nitrogens is 3. The quantitative estimate of drug-likeness (QED) is 0.275. The van der Waals surface area contributed by atoms with E-state index in [9.17, 15) is 4.79 Å². The molecular formula is C18H15BrN4O3S. The van der Waals surface area contributed by atoms with E-state index < -0.39 is 5.97 Å². The number of halogens is 1. The molecule has 0 saturated heterocycles. The first-order chi connectivity index (χ1) is 13.0. The monoisotopic (exact) mass is 446 g/mol. The maximum absolute atomic E-state index is 11.2. The van der Waals surface area contributed by atoms with Crippen LogP contribution in [0.1, 0.15) is 12.5 Å². The molecule has 0 atom stereocenters. The van der Waals surface area contributed by atoms with Crippen LogP contribution in [0.15, 0.2) is 52.0 Å². The number of carbonyl (C=O) groups is 1. The van der Waals surface area contributed by atoms with E-state index in [0.29, 0.717) is 22.1 Å². The van der Waals surface area contributed by atoms with E-state index in [2.05, 4.69) is 31.2 Å². The third-order valence-electron chi connectivity index (χ3n) is 3.53. The molecule has 3 rings (SSSR count). The maximum Gasteiger partial charge on any atom is 0.308 e. The van der Waals surface area contributed by atoms with Gasteiger partial charge in [0.05, 0.1) is 13.3 Å². The van der Waals surface area contributed by atoms with Gasteiger partial charge in [0.15, 0.2) is 17.3 Å². The van der Waals surface area contributed by atoms with Crippen LogP contribution in [0, 0.1) is 4.77 Å². The van der Waals surface area contributed by atoms with Crippen LogP contribution in [-0.4, -0.2) is 34.2 Å². The number of benzene rings is 2. The van der Waals surface area contributed by atoms with Crippen molar-refractivity contribution in [2.45, 2.75) is 6.92 Å². The van der Waals surface area contributed by atoms with Crippen LogP contribution in [0.4, 0.5) is 0 Å². The first-order valence-electron chi connectivity index (χ1n) is 7.82. The molecule has 0 aliphatic rings. The van der Waals surface area contributed by atoms with E-state index in [-0.39, 0.29) is 0 Å². The number of methoxy groups -OCH3 is 1. The van der Waals surface area contributed by atoms with E-state index in [1.165, 1.54) is 18.7 Å². The molecule has 0 bridgehead atoms. The molecule has 0 unspecified atom stereocenters. The predicted octanol–water partition coefficient (Wildman–Crippen LogP) is 4.19. The Kier molecular flexibility index (Phi) is 5.82. The zero-order chi connectivity index (χ0) is 19.4. The van der Waals surface area contributed by atoms with Crippen LogP contribution in [0.25, 0.3) is 11.4 Å². The summed E-state index contributed by atoms with van der Waals surface area (Å²) in [5.41, 5.74) is 1.59. The summed E-state index contributed by atoms with van der Waals surface area (Å²) >= 11 is 8.79. The summed E-state index contributed by atoms with van der Waals surface area (Å²) in [6.45, 7) is 1.33. The van der Waals surface area contributed by atoms with Crippen molar-refractivity contribution in [2.75, 3.05) is 7.11 Å². The summed E-state index contributed by atoms with van der Waals surface area (Å²) in [5.74, 6) is 0.927. The Morgan fingerprint density at radius 3 is 2.78 bits per heavy atom. The highest BCUT2D eigenvalue weighted by molar-refractivity contribution is 9.10. The standard InChI is InChI=1S/C18H15BrN4O3S/c1-11(24)26-15-8-7-12(9-16(15)25-2)10-20-23-17(21-22-18(23)27)13-5-3-4-6-14(13)19/h3-10H,1-2H3,(H,22,27). The second-order valence-electron chi connectivity index (χ2n) is 5.39. The number of carbonyl (C=O) groups excluding carboxylic acids is 1. The number of hydrogen-bond donors (Lipinski definition) is 1. The minimum Gasteiger partial charge on any atom is -0.493 e. The fourth-order valence-electron chi connectivity index (χ4n) is 2.34. The smallest absolute Gasteiger partial charge is 0.308 e. The summed E-state index contributed by atoms with van der Waals surface area (Å²) in [7, 11) is 1.50. The zero-order valence-electron chi connectivity index (χ0n) is 14.5. The molecule has 1 N–H and O–H groups in total. The lowest BCUT2D eigenvalue weighted by Gasteiger charge is -2.08. The molecule has 7 nitrogen and oxygen atoms in total. The molecule has 0 amide bonds. The van der Waals surface area contributed by atoms with Gasteiger partial charge in [0.25, 0.3) is 0 Å². The summed E-state index contributed by atoms with van der Waals surface area (Å²) in [5, 5.41) is 11.4. The topological polar surface area (TPSA) is 81.5 Å². The van der Waals surface area contributed by atoms with Crippen LogP contribution >= 0.6 is 28.1 Å². The van der Waals surface area contributed by atoms with Crippen LogP contribution < -0.4 is 9.47 Å². The third-order valence-corrected chi connectivity index (χ3v) is 4.48. The predicted molar refractivity (Wildman–Crippen MR) is 108 cm³/mol. The number of nitrogens with one attached hydrogen (secondary N) is 1. The average Bonchev–Trinajstić information content (AvgIpc) is 3.01. The fraction of sp³-hybridized carbons (Fsp3) is 0.111. The second-order valence-corrected chi connectivity index (χ2v) is 6.63. The molecule has 1 heterocycles. The minimum absolute atomic E-state index is 0.343. The van der Waals surface area contributed by atoms with Gasteiger partial charge in [0, 0.05) is 17.0 Å². The van der Waals surface area contributed by atoms with Crippen molar-refractivity contribution in [3.05, 3.63) is 57.3 Å².